The Labute approximate surface area is 173 Å². The van der Waals surface area contributed by atoms with E-state index in [9.17, 15) is 4.79 Å². The normalized spacial score (nSPS) is 14.8. The standard InChI is InChI=1S/C23H18ClNO2S/c1-2-22(26)19-11-10-16(12-20(19)24)27-13-23-25-21(14-28-23)18-9-5-7-15-6-3-4-8-17(15)18/h3-14,25H,2H2,1H3. The number of halogens is 1. The summed E-state index contributed by atoms with van der Waals surface area (Å²) in [5.41, 5.74) is 2.72. The molecule has 3 nitrogen and oxygen atoms in total. The van der Waals surface area contributed by atoms with Crippen molar-refractivity contribution in [2.24, 2.45) is 0 Å². The minimum absolute atomic E-state index is 0.0202. The van der Waals surface area contributed by atoms with Gasteiger partial charge in [-0.05, 0) is 22.9 Å². The number of nitrogens with one attached hydrogen (secondary N) is 1. The number of ketones is 1. The second-order valence-electron chi connectivity index (χ2n) is 6.32. The Hall–Kier alpha value is -2.69. The number of carbonyl (C=O) groups excluding carboxylic acids is 1. The van der Waals surface area contributed by atoms with Gasteiger partial charge in [-0.3, -0.25) is 4.79 Å². The molecule has 3 aromatic rings. The highest BCUT2D eigenvalue weighted by Gasteiger charge is 2.15. The van der Waals surface area contributed by atoms with Crippen LogP contribution in [0.25, 0.3) is 16.5 Å². The van der Waals surface area contributed by atoms with E-state index < -0.39 is 0 Å². The van der Waals surface area contributed by atoms with Crippen LogP contribution >= 0.6 is 23.4 Å². The zero-order chi connectivity index (χ0) is 19.5. The van der Waals surface area contributed by atoms with Crippen molar-refractivity contribution in [3.63, 3.8) is 0 Å². The molecule has 28 heavy (non-hydrogen) atoms. The van der Waals surface area contributed by atoms with Crippen molar-refractivity contribution in [3.05, 3.63) is 93.5 Å². The average molecular weight is 408 g/mol. The molecule has 0 aliphatic carbocycles. The molecule has 5 heteroatoms. The summed E-state index contributed by atoms with van der Waals surface area (Å²) >= 11 is 7.77. The third-order valence-electron chi connectivity index (χ3n) is 4.51. The first-order chi connectivity index (χ1) is 13.7. The molecule has 0 radical (unpaired) electrons. The fourth-order valence-corrected chi connectivity index (χ4v) is 4.05. The number of fused-ring (bicyclic) bond motifs is 1. The van der Waals surface area contributed by atoms with Gasteiger partial charge in [0.1, 0.15) is 17.0 Å². The van der Waals surface area contributed by atoms with Crippen molar-refractivity contribution in [2.75, 3.05) is 0 Å². The number of ether oxygens (including phenoxy) is 1. The van der Waals surface area contributed by atoms with Gasteiger partial charge in [-0.1, -0.05) is 72.8 Å². The van der Waals surface area contributed by atoms with Gasteiger partial charge in [0.05, 0.1) is 10.7 Å². The molecule has 4 rings (SSSR count). The van der Waals surface area contributed by atoms with Crippen molar-refractivity contribution in [1.82, 2.24) is 5.32 Å². The maximum absolute atomic E-state index is 11.8. The van der Waals surface area contributed by atoms with Gasteiger partial charge in [-0.15, -0.1) is 0 Å². The molecule has 0 aromatic heterocycles. The molecule has 140 valence electrons. The van der Waals surface area contributed by atoms with Crippen LogP contribution in [0.15, 0.2) is 77.4 Å². The highest BCUT2D eigenvalue weighted by atomic mass is 35.5. The summed E-state index contributed by atoms with van der Waals surface area (Å²) in [6.45, 7) is 1.82. The maximum Gasteiger partial charge on any atom is 0.164 e. The Morgan fingerprint density at radius 2 is 1.96 bits per heavy atom. The zero-order valence-electron chi connectivity index (χ0n) is 15.2. The summed E-state index contributed by atoms with van der Waals surface area (Å²) < 4.78 is 5.74. The number of hydrogen-bond donors (Lipinski definition) is 1. The van der Waals surface area contributed by atoms with E-state index in [0.29, 0.717) is 22.8 Å². The highest BCUT2D eigenvalue weighted by molar-refractivity contribution is 8.06. The summed E-state index contributed by atoms with van der Waals surface area (Å²) in [5, 5.41) is 9.17. The van der Waals surface area contributed by atoms with Gasteiger partial charge in [0.2, 0.25) is 0 Å². The highest BCUT2D eigenvalue weighted by Crippen LogP contribution is 2.33. The van der Waals surface area contributed by atoms with Gasteiger partial charge in [0, 0.05) is 29.0 Å². The lowest BCUT2D eigenvalue weighted by atomic mass is 10.0. The molecule has 0 atom stereocenters. The molecule has 0 unspecified atom stereocenters. The van der Waals surface area contributed by atoms with Crippen molar-refractivity contribution in [1.29, 1.82) is 0 Å². The van der Waals surface area contributed by atoms with Crippen molar-refractivity contribution >= 4 is 45.6 Å². The number of thioether (sulfide) groups is 1. The number of carbonyl (C=O) groups is 1. The number of Topliss-reactive ketones (excluding diaryl/α,β-unsaturated/α-hetero) is 1. The molecule has 0 saturated heterocycles. The number of rotatable bonds is 5. The Balaban J connectivity index is 1.49. The number of benzene rings is 3. The quantitative estimate of drug-likeness (QED) is 0.382. The fraction of sp³-hybridized carbons (Fsp3) is 0.0870. The molecule has 0 spiro atoms. The van der Waals surface area contributed by atoms with Gasteiger partial charge >= 0.3 is 0 Å². The predicted octanol–water partition coefficient (Wildman–Crippen LogP) is 6.60. The predicted molar refractivity (Wildman–Crippen MR) is 117 cm³/mol. The van der Waals surface area contributed by atoms with E-state index in [0.717, 1.165) is 16.3 Å². The molecule has 0 fully saturated rings. The molecule has 0 amide bonds. The minimum Gasteiger partial charge on any atom is -0.462 e. The lowest BCUT2D eigenvalue weighted by molar-refractivity contribution is 0.0988. The summed E-state index contributed by atoms with van der Waals surface area (Å²) in [6.07, 6.45) is 2.08. The van der Waals surface area contributed by atoms with E-state index in [-0.39, 0.29) is 5.78 Å². The van der Waals surface area contributed by atoms with E-state index in [2.05, 4.69) is 41.1 Å². The Kier molecular flexibility index (Phi) is 5.42. The van der Waals surface area contributed by atoms with Crippen LogP contribution in [0.4, 0.5) is 0 Å². The summed E-state index contributed by atoms with van der Waals surface area (Å²) in [4.78, 5) is 11.8. The third-order valence-corrected chi connectivity index (χ3v) is 5.62. The largest absolute Gasteiger partial charge is 0.462 e. The summed E-state index contributed by atoms with van der Waals surface area (Å²) in [5.74, 6) is 0.609. The molecule has 1 N–H and O–H groups in total. The summed E-state index contributed by atoms with van der Waals surface area (Å²) in [6, 6.07) is 19.7. The molecule has 0 bridgehead atoms. The van der Waals surface area contributed by atoms with Crippen molar-refractivity contribution < 1.29 is 9.53 Å². The first kappa shape index (κ1) is 18.7. The molecule has 1 aliphatic rings. The molecule has 1 aliphatic heterocycles. The van der Waals surface area contributed by atoms with Gasteiger partial charge in [0.25, 0.3) is 0 Å². The SMILES string of the molecule is CCC(=O)c1ccc(OC=C2NC(c3cccc4ccccc34)=CS2)cc1Cl. The van der Waals surface area contributed by atoms with Gasteiger partial charge < -0.3 is 10.1 Å². The van der Waals surface area contributed by atoms with E-state index in [4.69, 9.17) is 16.3 Å². The van der Waals surface area contributed by atoms with Crippen LogP contribution in [0.1, 0.15) is 29.3 Å². The average Bonchev–Trinajstić information content (AvgIpc) is 3.20. The van der Waals surface area contributed by atoms with Gasteiger partial charge in [0.15, 0.2) is 5.78 Å². The third kappa shape index (κ3) is 3.79. The van der Waals surface area contributed by atoms with Crippen LogP contribution in [0.5, 0.6) is 5.75 Å². The first-order valence-electron chi connectivity index (χ1n) is 8.97. The molecule has 3 aromatic carbocycles. The van der Waals surface area contributed by atoms with Crippen LogP contribution < -0.4 is 10.1 Å². The molecular weight excluding hydrogens is 390 g/mol. The van der Waals surface area contributed by atoms with E-state index >= 15 is 0 Å². The second-order valence-corrected chi connectivity index (χ2v) is 7.64. The van der Waals surface area contributed by atoms with Gasteiger partial charge in [-0.25, -0.2) is 0 Å². The zero-order valence-corrected chi connectivity index (χ0v) is 16.8. The van der Waals surface area contributed by atoms with Crippen LogP contribution in [-0.2, 0) is 0 Å². The lowest BCUT2D eigenvalue weighted by Gasteiger charge is -2.09. The second kappa shape index (κ2) is 8.13. The van der Waals surface area contributed by atoms with E-state index in [1.54, 1.807) is 36.2 Å². The van der Waals surface area contributed by atoms with Gasteiger partial charge in [-0.2, -0.15) is 0 Å². The topological polar surface area (TPSA) is 38.3 Å². The Morgan fingerprint density at radius 1 is 1.14 bits per heavy atom. The molecule has 1 heterocycles. The van der Waals surface area contributed by atoms with Crippen molar-refractivity contribution in [3.8, 4) is 5.75 Å². The Morgan fingerprint density at radius 3 is 2.79 bits per heavy atom. The smallest absolute Gasteiger partial charge is 0.164 e. The summed E-state index contributed by atoms with van der Waals surface area (Å²) in [7, 11) is 0. The monoisotopic (exact) mass is 407 g/mol. The van der Waals surface area contributed by atoms with Crippen LogP contribution in [0.3, 0.4) is 0 Å². The van der Waals surface area contributed by atoms with E-state index in [1.807, 2.05) is 19.1 Å². The first-order valence-corrected chi connectivity index (χ1v) is 10.2. The minimum atomic E-state index is 0.0202. The van der Waals surface area contributed by atoms with Crippen LogP contribution in [0.2, 0.25) is 5.02 Å². The van der Waals surface area contributed by atoms with Crippen molar-refractivity contribution in [2.45, 2.75) is 13.3 Å². The van der Waals surface area contributed by atoms with Crippen LogP contribution in [0, 0.1) is 0 Å². The molecular formula is C23H18ClNO2S. The molecule has 0 saturated carbocycles. The Bertz CT molecular complexity index is 1120. The maximum atomic E-state index is 11.8. The fourth-order valence-electron chi connectivity index (χ4n) is 3.07. The van der Waals surface area contributed by atoms with Crippen LogP contribution in [-0.4, -0.2) is 5.78 Å². The van der Waals surface area contributed by atoms with E-state index in [1.165, 1.54) is 10.8 Å². The number of hydrogen-bond acceptors (Lipinski definition) is 4. The lowest BCUT2D eigenvalue weighted by Crippen LogP contribution is -2.05.